The average molecular weight is 318 g/mol. The van der Waals surface area contributed by atoms with Crippen LogP contribution in [0.15, 0.2) is 84.9 Å². The normalized spacial score (nSPS) is 13.4. The second kappa shape index (κ2) is 7.91. The van der Waals surface area contributed by atoms with Crippen molar-refractivity contribution in [2.45, 2.75) is 25.0 Å². The highest BCUT2D eigenvalue weighted by Gasteiger charge is 2.10. The molecule has 0 radical (unpaired) electrons. The standard InChI is InChI=1S/C22H22O2/c23-21(18-7-3-1-4-8-18)16-13-17-11-14-20(15-12-17)22(24)19-9-5-2-6-10-19/h1-12,14-15,21-24H,13,16H2. The van der Waals surface area contributed by atoms with Crippen molar-refractivity contribution >= 4 is 0 Å². The van der Waals surface area contributed by atoms with Crippen LogP contribution < -0.4 is 0 Å². The summed E-state index contributed by atoms with van der Waals surface area (Å²) < 4.78 is 0. The van der Waals surface area contributed by atoms with Crippen LogP contribution in [0.3, 0.4) is 0 Å². The van der Waals surface area contributed by atoms with Crippen molar-refractivity contribution in [2.24, 2.45) is 0 Å². The summed E-state index contributed by atoms with van der Waals surface area (Å²) in [4.78, 5) is 0. The van der Waals surface area contributed by atoms with Crippen LogP contribution in [0.4, 0.5) is 0 Å². The molecule has 0 bridgehead atoms. The van der Waals surface area contributed by atoms with Gasteiger partial charge < -0.3 is 10.2 Å². The zero-order chi connectivity index (χ0) is 16.8. The summed E-state index contributed by atoms with van der Waals surface area (Å²) >= 11 is 0. The number of benzene rings is 3. The summed E-state index contributed by atoms with van der Waals surface area (Å²) in [6, 6.07) is 27.4. The first-order valence-electron chi connectivity index (χ1n) is 8.29. The Kier molecular flexibility index (Phi) is 5.42. The van der Waals surface area contributed by atoms with E-state index in [0.29, 0.717) is 6.42 Å². The molecule has 2 atom stereocenters. The van der Waals surface area contributed by atoms with E-state index in [2.05, 4.69) is 0 Å². The van der Waals surface area contributed by atoms with Gasteiger partial charge in [-0.15, -0.1) is 0 Å². The summed E-state index contributed by atoms with van der Waals surface area (Å²) in [5, 5.41) is 20.6. The van der Waals surface area contributed by atoms with Crippen LogP contribution in [0.5, 0.6) is 0 Å². The van der Waals surface area contributed by atoms with E-state index in [1.54, 1.807) is 0 Å². The molecular weight excluding hydrogens is 296 g/mol. The van der Waals surface area contributed by atoms with Gasteiger partial charge in [0.05, 0.1) is 6.10 Å². The number of aliphatic hydroxyl groups excluding tert-OH is 2. The topological polar surface area (TPSA) is 40.5 Å². The predicted octanol–water partition coefficient (Wildman–Crippen LogP) is 4.43. The molecule has 2 nitrogen and oxygen atoms in total. The summed E-state index contributed by atoms with van der Waals surface area (Å²) in [7, 11) is 0. The maximum absolute atomic E-state index is 10.4. The third-order valence-corrected chi connectivity index (χ3v) is 4.30. The van der Waals surface area contributed by atoms with E-state index < -0.39 is 12.2 Å². The predicted molar refractivity (Wildman–Crippen MR) is 96.7 cm³/mol. The summed E-state index contributed by atoms with van der Waals surface area (Å²) in [5.74, 6) is 0. The van der Waals surface area contributed by atoms with Crippen LogP contribution >= 0.6 is 0 Å². The number of hydrogen-bond acceptors (Lipinski definition) is 2. The van der Waals surface area contributed by atoms with E-state index in [-0.39, 0.29) is 0 Å². The highest BCUT2D eigenvalue weighted by Crippen LogP contribution is 2.23. The number of aliphatic hydroxyl groups is 2. The molecule has 2 heteroatoms. The van der Waals surface area contributed by atoms with Gasteiger partial charge in [-0.05, 0) is 35.1 Å². The Labute approximate surface area is 143 Å². The minimum atomic E-state index is -0.602. The fourth-order valence-electron chi connectivity index (χ4n) is 2.84. The van der Waals surface area contributed by atoms with E-state index in [9.17, 15) is 10.2 Å². The molecule has 0 aliphatic heterocycles. The van der Waals surface area contributed by atoms with Gasteiger partial charge in [0.15, 0.2) is 0 Å². The highest BCUT2D eigenvalue weighted by atomic mass is 16.3. The zero-order valence-electron chi connectivity index (χ0n) is 13.5. The average Bonchev–Trinajstić information content (AvgIpc) is 2.67. The lowest BCUT2D eigenvalue weighted by Gasteiger charge is -2.13. The zero-order valence-corrected chi connectivity index (χ0v) is 13.5. The molecule has 0 heterocycles. The molecule has 0 aromatic heterocycles. The number of hydrogen-bond donors (Lipinski definition) is 2. The van der Waals surface area contributed by atoms with E-state index >= 15 is 0 Å². The molecule has 122 valence electrons. The first-order chi connectivity index (χ1) is 11.7. The van der Waals surface area contributed by atoms with E-state index in [1.165, 1.54) is 0 Å². The van der Waals surface area contributed by atoms with Crippen molar-refractivity contribution in [3.8, 4) is 0 Å². The maximum atomic E-state index is 10.4. The summed E-state index contributed by atoms with van der Waals surface area (Å²) in [6.07, 6.45) is 0.443. The fourth-order valence-corrected chi connectivity index (χ4v) is 2.84. The Morgan fingerprint density at radius 3 is 1.67 bits per heavy atom. The molecule has 0 saturated carbocycles. The molecule has 0 fully saturated rings. The Balaban J connectivity index is 1.61. The van der Waals surface area contributed by atoms with Gasteiger partial charge in [-0.2, -0.15) is 0 Å². The molecule has 2 unspecified atom stereocenters. The monoisotopic (exact) mass is 318 g/mol. The van der Waals surface area contributed by atoms with Gasteiger partial charge in [-0.3, -0.25) is 0 Å². The molecule has 3 aromatic carbocycles. The van der Waals surface area contributed by atoms with Crippen LogP contribution in [0.2, 0.25) is 0 Å². The van der Waals surface area contributed by atoms with E-state index in [1.807, 2.05) is 84.9 Å². The van der Waals surface area contributed by atoms with Gasteiger partial charge in [0, 0.05) is 0 Å². The van der Waals surface area contributed by atoms with Crippen molar-refractivity contribution < 1.29 is 10.2 Å². The molecular formula is C22H22O2. The first-order valence-corrected chi connectivity index (χ1v) is 8.29. The SMILES string of the molecule is OC(CCc1ccc(C(O)c2ccccc2)cc1)c1ccccc1. The van der Waals surface area contributed by atoms with E-state index in [0.717, 1.165) is 28.7 Å². The first kappa shape index (κ1) is 16.4. The lowest BCUT2D eigenvalue weighted by Crippen LogP contribution is -2.01. The largest absolute Gasteiger partial charge is 0.388 e. The molecule has 3 aromatic rings. The maximum Gasteiger partial charge on any atom is 0.104 e. The van der Waals surface area contributed by atoms with Crippen molar-refractivity contribution in [2.75, 3.05) is 0 Å². The van der Waals surface area contributed by atoms with Crippen LogP contribution in [0, 0.1) is 0 Å². The smallest absolute Gasteiger partial charge is 0.104 e. The highest BCUT2D eigenvalue weighted by molar-refractivity contribution is 5.32. The third-order valence-electron chi connectivity index (χ3n) is 4.30. The summed E-state index contributed by atoms with van der Waals surface area (Å²) in [6.45, 7) is 0. The van der Waals surface area contributed by atoms with Gasteiger partial charge in [0.25, 0.3) is 0 Å². The van der Waals surface area contributed by atoms with Crippen LogP contribution in [0.25, 0.3) is 0 Å². The van der Waals surface area contributed by atoms with E-state index in [4.69, 9.17) is 0 Å². The second-order valence-electron chi connectivity index (χ2n) is 6.02. The van der Waals surface area contributed by atoms with Gasteiger partial charge in [0.1, 0.15) is 6.10 Å². The fraction of sp³-hybridized carbons (Fsp3) is 0.182. The Hall–Kier alpha value is -2.42. The third kappa shape index (κ3) is 4.10. The Morgan fingerprint density at radius 2 is 1.08 bits per heavy atom. The quantitative estimate of drug-likeness (QED) is 0.705. The van der Waals surface area contributed by atoms with Crippen molar-refractivity contribution in [3.63, 3.8) is 0 Å². The molecule has 0 aliphatic rings. The minimum absolute atomic E-state index is 0.444. The Morgan fingerprint density at radius 1 is 0.583 bits per heavy atom. The molecule has 2 N–H and O–H groups in total. The molecule has 0 amide bonds. The molecule has 3 rings (SSSR count). The van der Waals surface area contributed by atoms with Crippen molar-refractivity contribution in [1.29, 1.82) is 0 Å². The minimum Gasteiger partial charge on any atom is -0.388 e. The van der Waals surface area contributed by atoms with Crippen LogP contribution in [-0.4, -0.2) is 10.2 Å². The molecule has 0 spiro atoms. The lowest BCUT2D eigenvalue weighted by atomic mass is 9.97. The van der Waals surface area contributed by atoms with Crippen LogP contribution in [0.1, 0.15) is 40.9 Å². The van der Waals surface area contributed by atoms with Gasteiger partial charge in [0.2, 0.25) is 0 Å². The van der Waals surface area contributed by atoms with Gasteiger partial charge in [-0.1, -0.05) is 84.9 Å². The molecule has 0 saturated heterocycles. The van der Waals surface area contributed by atoms with Crippen molar-refractivity contribution in [1.82, 2.24) is 0 Å². The number of rotatable bonds is 6. The van der Waals surface area contributed by atoms with Gasteiger partial charge in [-0.25, -0.2) is 0 Å². The summed E-state index contributed by atoms with van der Waals surface area (Å²) in [5.41, 5.74) is 3.89. The Bertz CT molecular complexity index is 736. The lowest BCUT2D eigenvalue weighted by molar-refractivity contribution is 0.168. The molecule has 0 aliphatic carbocycles. The van der Waals surface area contributed by atoms with Crippen LogP contribution in [-0.2, 0) is 6.42 Å². The van der Waals surface area contributed by atoms with Crippen molar-refractivity contribution in [3.05, 3.63) is 107 Å². The number of aryl methyl sites for hydroxylation is 1. The molecule has 24 heavy (non-hydrogen) atoms. The van der Waals surface area contributed by atoms with Gasteiger partial charge >= 0.3 is 0 Å². The second-order valence-corrected chi connectivity index (χ2v) is 6.02.